The van der Waals surface area contributed by atoms with Crippen molar-refractivity contribution in [1.82, 2.24) is 10.3 Å². The third-order valence-corrected chi connectivity index (χ3v) is 4.86. The summed E-state index contributed by atoms with van der Waals surface area (Å²) in [6, 6.07) is 5.30. The first-order chi connectivity index (χ1) is 9.22. The first-order valence-electron chi connectivity index (χ1n) is 7.88. The first kappa shape index (κ1) is 13.1. The van der Waals surface area contributed by atoms with Crippen LogP contribution in [0.3, 0.4) is 0 Å². The Labute approximate surface area is 117 Å². The Bertz CT molecular complexity index is 408. The summed E-state index contributed by atoms with van der Waals surface area (Å²) in [6.07, 6.45) is 9.00. The lowest BCUT2D eigenvalue weighted by molar-refractivity contribution is 0.241. The quantitative estimate of drug-likeness (QED) is 0.891. The smallest absolute Gasteiger partial charge is 0.0372 e. The van der Waals surface area contributed by atoms with Gasteiger partial charge in [-0.1, -0.05) is 19.4 Å². The summed E-state index contributed by atoms with van der Waals surface area (Å²) in [6.45, 7) is 5.68. The van der Waals surface area contributed by atoms with Gasteiger partial charge in [0, 0.05) is 17.9 Å². The topological polar surface area (TPSA) is 24.9 Å². The number of rotatable bonds is 4. The van der Waals surface area contributed by atoms with E-state index in [4.69, 9.17) is 0 Å². The van der Waals surface area contributed by atoms with Crippen molar-refractivity contribution in [2.24, 2.45) is 11.8 Å². The number of nitrogens with zero attached hydrogens (tertiary/aromatic N) is 1. The lowest BCUT2D eigenvalue weighted by atomic mass is 9.72. The van der Waals surface area contributed by atoms with Gasteiger partial charge < -0.3 is 5.32 Å². The van der Waals surface area contributed by atoms with E-state index in [2.05, 4.69) is 42.5 Å². The maximum absolute atomic E-state index is 4.50. The summed E-state index contributed by atoms with van der Waals surface area (Å²) >= 11 is 0. The van der Waals surface area contributed by atoms with Crippen molar-refractivity contribution >= 4 is 0 Å². The van der Waals surface area contributed by atoms with Crippen LogP contribution < -0.4 is 5.32 Å². The molecule has 1 N–H and O–H groups in total. The monoisotopic (exact) mass is 258 g/mol. The maximum atomic E-state index is 4.50. The second-order valence-corrected chi connectivity index (χ2v) is 6.70. The van der Waals surface area contributed by atoms with Crippen LogP contribution in [0.2, 0.25) is 0 Å². The Morgan fingerprint density at radius 1 is 1.21 bits per heavy atom. The Kier molecular flexibility index (Phi) is 3.88. The zero-order valence-corrected chi connectivity index (χ0v) is 12.2. The van der Waals surface area contributed by atoms with Crippen LogP contribution in [0.4, 0.5) is 0 Å². The van der Waals surface area contributed by atoms with Gasteiger partial charge in [-0.25, -0.2) is 0 Å². The average molecular weight is 258 g/mol. The van der Waals surface area contributed by atoms with E-state index in [1.807, 2.05) is 0 Å². The number of hydrogen-bond donors (Lipinski definition) is 1. The summed E-state index contributed by atoms with van der Waals surface area (Å²) in [5.41, 5.74) is 2.58. The van der Waals surface area contributed by atoms with Gasteiger partial charge >= 0.3 is 0 Å². The average Bonchev–Trinajstić information content (AvgIpc) is 3.22. The molecule has 3 atom stereocenters. The molecule has 19 heavy (non-hydrogen) atoms. The molecule has 2 aliphatic rings. The van der Waals surface area contributed by atoms with E-state index >= 15 is 0 Å². The summed E-state index contributed by atoms with van der Waals surface area (Å²) in [7, 11) is 0. The van der Waals surface area contributed by atoms with Crippen molar-refractivity contribution in [3.63, 3.8) is 0 Å². The Balaban J connectivity index is 1.70. The Morgan fingerprint density at radius 3 is 2.74 bits per heavy atom. The lowest BCUT2D eigenvalue weighted by Gasteiger charge is -2.35. The van der Waals surface area contributed by atoms with Crippen LogP contribution in [-0.2, 0) is 0 Å². The van der Waals surface area contributed by atoms with Gasteiger partial charge in [0.25, 0.3) is 0 Å². The molecule has 0 spiro atoms. The van der Waals surface area contributed by atoms with Gasteiger partial charge in [0.15, 0.2) is 0 Å². The van der Waals surface area contributed by atoms with Crippen LogP contribution in [0.1, 0.15) is 56.2 Å². The lowest BCUT2D eigenvalue weighted by Crippen LogP contribution is -2.32. The molecule has 0 saturated heterocycles. The predicted octanol–water partition coefficient (Wildman–Crippen LogP) is 3.66. The highest BCUT2D eigenvalue weighted by atomic mass is 14.9. The maximum Gasteiger partial charge on any atom is 0.0372 e. The molecule has 2 nitrogen and oxygen atoms in total. The SMILES string of the molecule is Cc1ccc(C2CC(C)CCC2CNC2CC2)cn1. The summed E-state index contributed by atoms with van der Waals surface area (Å²) in [5, 5.41) is 3.73. The van der Waals surface area contributed by atoms with E-state index in [0.717, 1.165) is 23.6 Å². The van der Waals surface area contributed by atoms with Crippen LogP contribution in [0.25, 0.3) is 0 Å². The molecular weight excluding hydrogens is 232 g/mol. The van der Waals surface area contributed by atoms with Crippen LogP contribution in [0.5, 0.6) is 0 Å². The minimum atomic E-state index is 0.711. The standard InChI is InChI=1S/C17H26N2/c1-12-3-5-14(11-19-16-7-8-16)17(9-12)15-6-4-13(2)18-10-15/h4,6,10,12,14,16-17,19H,3,5,7-9,11H2,1-2H3. The zero-order valence-electron chi connectivity index (χ0n) is 12.2. The fraction of sp³-hybridized carbons (Fsp3) is 0.706. The molecule has 2 saturated carbocycles. The highest BCUT2D eigenvalue weighted by Gasteiger charge is 2.31. The molecule has 104 valence electrons. The Morgan fingerprint density at radius 2 is 2.05 bits per heavy atom. The summed E-state index contributed by atoms with van der Waals surface area (Å²) < 4.78 is 0. The second kappa shape index (κ2) is 5.62. The van der Waals surface area contributed by atoms with Gasteiger partial charge in [-0.3, -0.25) is 4.98 Å². The molecule has 0 amide bonds. The number of hydrogen-bond acceptors (Lipinski definition) is 2. The van der Waals surface area contributed by atoms with Crippen molar-refractivity contribution in [3.8, 4) is 0 Å². The molecule has 2 aliphatic carbocycles. The molecule has 1 aromatic rings. The highest BCUT2D eigenvalue weighted by molar-refractivity contribution is 5.19. The molecule has 2 fully saturated rings. The van der Waals surface area contributed by atoms with Crippen molar-refractivity contribution < 1.29 is 0 Å². The molecule has 0 aliphatic heterocycles. The van der Waals surface area contributed by atoms with Gasteiger partial charge in [0.2, 0.25) is 0 Å². The van der Waals surface area contributed by atoms with Gasteiger partial charge in [0.1, 0.15) is 0 Å². The minimum Gasteiger partial charge on any atom is -0.314 e. The van der Waals surface area contributed by atoms with Gasteiger partial charge in [-0.05, 0) is 68.5 Å². The van der Waals surface area contributed by atoms with E-state index in [0.29, 0.717) is 5.92 Å². The zero-order chi connectivity index (χ0) is 13.2. The fourth-order valence-electron chi connectivity index (χ4n) is 3.40. The molecule has 2 heteroatoms. The molecule has 0 radical (unpaired) electrons. The molecule has 0 bridgehead atoms. The molecule has 3 rings (SSSR count). The first-order valence-corrected chi connectivity index (χ1v) is 7.88. The van der Waals surface area contributed by atoms with Crippen LogP contribution in [-0.4, -0.2) is 17.6 Å². The normalized spacial score (nSPS) is 31.4. The van der Waals surface area contributed by atoms with Crippen LogP contribution >= 0.6 is 0 Å². The summed E-state index contributed by atoms with van der Waals surface area (Å²) in [5.74, 6) is 2.38. The number of aromatic nitrogens is 1. The van der Waals surface area contributed by atoms with E-state index in [1.54, 1.807) is 0 Å². The van der Waals surface area contributed by atoms with Gasteiger partial charge in [0.05, 0.1) is 0 Å². The van der Waals surface area contributed by atoms with Gasteiger partial charge in [-0.15, -0.1) is 0 Å². The van der Waals surface area contributed by atoms with E-state index in [1.165, 1.54) is 44.2 Å². The third kappa shape index (κ3) is 3.36. The molecule has 1 aromatic heterocycles. The van der Waals surface area contributed by atoms with Crippen LogP contribution in [0.15, 0.2) is 18.3 Å². The molecule has 0 aromatic carbocycles. The van der Waals surface area contributed by atoms with Crippen molar-refractivity contribution in [1.29, 1.82) is 0 Å². The van der Waals surface area contributed by atoms with Crippen molar-refractivity contribution in [2.45, 2.75) is 57.9 Å². The van der Waals surface area contributed by atoms with Crippen molar-refractivity contribution in [2.75, 3.05) is 6.54 Å². The number of nitrogens with one attached hydrogen (secondary N) is 1. The van der Waals surface area contributed by atoms with E-state index in [9.17, 15) is 0 Å². The van der Waals surface area contributed by atoms with E-state index in [-0.39, 0.29) is 0 Å². The highest BCUT2D eigenvalue weighted by Crippen LogP contribution is 2.40. The number of pyridine rings is 1. The van der Waals surface area contributed by atoms with E-state index < -0.39 is 0 Å². The minimum absolute atomic E-state index is 0.711. The largest absolute Gasteiger partial charge is 0.314 e. The molecular formula is C17H26N2. The second-order valence-electron chi connectivity index (χ2n) is 6.70. The van der Waals surface area contributed by atoms with Gasteiger partial charge in [-0.2, -0.15) is 0 Å². The molecule has 1 heterocycles. The van der Waals surface area contributed by atoms with Crippen LogP contribution in [0, 0.1) is 18.8 Å². The predicted molar refractivity (Wildman–Crippen MR) is 79.2 cm³/mol. The fourth-order valence-corrected chi connectivity index (χ4v) is 3.40. The Hall–Kier alpha value is -0.890. The molecule has 3 unspecified atom stereocenters. The van der Waals surface area contributed by atoms with Crippen molar-refractivity contribution in [3.05, 3.63) is 29.6 Å². The number of aryl methyl sites for hydroxylation is 1. The summed E-state index contributed by atoms with van der Waals surface area (Å²) in [4.78, 5) is 4.50. The third-order valence-electron chi connectivity index (χ3n) is 4.86.